The largest absolute Gasteiger partial charge is 0.493 e. The van der Waals surface area contributed by atoms with Crippen LogP contribution in [0.25, 0.3) is 0 Å². The van der Waals surface area contributed by atoms with Crippen LogP contribution >= 0.6 is 0 Å². The van der Waals surface area contributed by atoms with Crippen LogP contribution in [0.2, 0.25) is 0 Å². The van der Waals surface area contributed by atoms with Gasteiger partial charge >= 0.3 is 0 Å². The average molecular weight is 312 g/mol. The van der Waals surface area contributed by atoms with Gasteiger partial charge in [0.2, 0.25) is 0 Å². The molecule has 0 radical (unpaired) electrons. The molecule has 0 aliphatic heterocycles. The lowest BCUT2D eigenvalue weighted by atomic mass is 10.1. The summed E-state index contributed by atoms with van der Waals surface area (Å²) in [4.78, 5) is 12.6. The SMILES string of the molecule is C=CCc1c(C)nn(C(=O)c2ccc(OCC(C)C)cc2)c1C. The van der Waals surface area contributed by atoms with Crippen LogP contribution in [0.3, 0.4) is 0 Å². The fourth-order valence-electron chi connectivity index (χ4n) is 2.39. The van der Waals surface area contributed by atoms with Gasteiger partial charge in [0, 0.05) is 16.8 Å². The quantitative estimate of drug-likeness (QED) is 0.759. The lowest BCUT2D eigenvalue weighted by Crippen LogP contribution is -2.15. The molecule has 0 atom stereocenters. The maximum absolute atomic E-state index is 12.6. The molecule has 0 fully saturated rings. The summed E-state index contributed by atoms with van der Waals surface area (Å²) in [7, 11) is 0. The zero-order valence-electron chi connectivity index (χ0n) is 14.3. The number of benzene rings is 1. The molecule has 4 nitrogen and oxygen atoms in total. The van der Waals surface area contributed by atoms with E-state index in [9.17, 15) is 4.79 Å². The Morgan fingerprint density at radius 2 is 1.96 bits per heavy atom. The summed E-state index contributed by atoms with van der Waals surface area (Å²) in [5, 5.41) is 4.38. The first kappa shape index (κ1) is 17.0. The van der Waals surface area contributed by atoms with Crippen molar-refractivity contribution in [1.82, 2.24) is 9.78 Å². The highest BCUT2D eigenvalue weighted by Gasteiger charge is 2.17. The van der Waals surface area contributed by atoms with Crippen molar-refractivity contribution >= 4 is 5.91 Å². The number of hydrogen-bond donors (Lipinski definition) is 0. The van der Waals surface area contributed by atoms with Gasteiger partial charge in [0.1, 0.15) is 5.75 Å². The smallest absolute Gasteiger partial charge is 0.278 e. The minimum Gasteiger partial charge on any atom is -0.493 e. The molecule has 0 aliphatic rings. The van der Waals surface area contributed by atoms with E-state index in [4.69, 9.17) is 4.74 Å². The molecule has 0 N–H and O–H groups in total. The summed E-state index contributed by atoms with van der Waals surface area (Å²) >= 11 is 0. The van der Waals surface area contributed by atoms with Crippen LogP contribution in [0.5, 0.6) is 5.75 Å². The number of allylic oxidation sites excluding steroid dienone is 1. The Labute approximate surface area is 137 Å². The van der Waals surface area contributed by atoms with Crippen LogP contribution in [0.4, 0.5) is 0 Å². The fourth-order valence-corrected chi connectivity index (χ4v) is 2.39. The van der Waals surface area contributed by atoms with Gasteiger partial charge in [-0.05, 0) is 50.5 Å². The maximum Gasteiger partial charge on any atom is 0.278 e. The molecule has 0 saturated heterocycles. The second-order valence-electron chi connectivity index (χ2n) is 6.09. The summed E-state index contributed by atoms with van der Waals surface area (Å²) in [6, 6.07) is 7.21. The highest BCUT2D eigenvalue weighted by atomic mass is 16.5. The number of aromatic nitrogens is 2. The molecule has 1 aromatic heterocycles. The van der Waals surface area contributed by atoms with Gasteiger partial charge in [-0.25, -0.2) is 4.68 Å². The standard InChI is InChI=1S/C19H24N2O2/c1-6-7-18-14(4)20-21(15(18)5)19(22)16-8-10-17(11-9-16)23-12-13(2)3/h6,8-11,13H,1,7,12H2,2-5H3. The molecule has 0 amide bonds. The van der Waals surface area contributed by atoms with Gasteiger partial charge < -0.3 is 4.74 Å². The van der Waals surface area contributed by atoms with Crippen molar-refractivity contribution in [1.29, 1.82) is 0 Å². The Morgan fingerprint density at radius 3 is 2.52 bits per heavy atom. The van der Waals surface area contributed by atoms with Crippen LogP contribution in [-0.2, 0) is 6.42 Å². The van der Waals surface area contributed by atoms with Gasteiger partial charge in [-0.15, -0.1) is 6.58 Å². The minimum absolute atomic E-state index is 0.128. The van der Waals surface area contributed by atoms with E-state index < -0.39 is 0 Å². The van der Waals surface area contributed by atoms with E-state index >= 15 is 0 Å². The van der Waals surface area contributed by atoms with Gasteiger partial charge in [-0.3, -0.25) is 4.79 Å². The number of rotatable bonds is 6. The monoisotopic (exact) mass is 312 g/mol. The van der Waals surface area contributed by atoms with E-state index in [-0.39, 0.29) is 5.91 Å². The Kier molecular flexibility index (Phi) is 5.37. The zero-order valence-corrected chi connectivity index (χ0v) is 14.3. The molecule has 0 spiro atoms. The van der Waals surface area contributed by atoms with Gasteiger partial charge in [0.25, 0.3) is 5.91 Å². The van der Waals surface area contributed by atoms with Crippen molar-refractivity contribution in [2.45, 2.75) is 34.1 Å². The van der Waals surface area contributed by atoms with Crippen LogP contribution in [-0.4, -0.2) is 22.3 Å². The molecule has 1 aromatic carbocycles. The fraction of sp³-hybridized carbons (Fsp3) is 0.368. The third kappa shape index (κ3) is 3.89. The molecule has 0 unspecified atom stereocenters. The van der Waals surface area contributed by atoms with Gasteiger partial charge in [0.15, 0.2) is 0 Å². The van der Waals surface area contributed by atoms with Gasteiger partial charge in [0.05, 0.1) is 12.3 Å². The molecule has 23 heavy (non-hydrogen) atoms. The Bertz CT molecular complexity index is 697. The number of carbonyl (C=O) groups excluding carboxylic acids is 1. The van der Waals surface area contributed by atoms with Crippen LogP contribution in [0.1, 0.15) is 41.2 Å². The number of carbonyl (C=O) groups is 1. The van der Waals surface area contributed by atoms with Crippen LogP contribution in [0.15, 0.2) is 36.9 Å². The first-order chi connectivity index (χ1) is 10.9. The molecule has 2 rings (SSSR count). The number of hydrogen-bond acceptors (Lipinski definition) is 3. The van der Waals surface area contributed by atoms with Crippen LogP contribution < -0.4 is 4.74 Å². The number of aryl methyl sites for hydroxylation is 1. The Balaban J connectivity index is 2.20. The van der Waals surface area contributed by atoms with Crippen molar-refractivity contribution in [3.05, 3.63) is 59.4 Å². The lowest BCUT2D eigenvalue weighted by Gasteiger charge is -2.09. The highest BCUT2D eigenvalue weighted by Crippen LogP contribution is 2.18. The average Bonchev–Trinajstić information content (AvgIpc) is 2.81. The van der Waals surface area contributed by atoms with E-state index in [2.05, 4.69) is 25.5 Å². The zero-order chi connectivity index (χ0) is 17.0. The summed E-state index contributed by atoms with van der Waals surface area (Å²) in [5.41, 5.74) is 3.39. The third-order valence-corrected chi connectivity index (χ3v) is 3.67. The predicted molar refractivity (Wildman–Crippen MR) is 92.1 cm³/mol. The van der Waals surface area contributed by atoms with Crippen molar-refractivity contribution in [2.24, 2.45) is 5.92 Å². The molecule has 1 heterocycles. The molecule has 122 valence electrons. The molecular weight excluding hydrogens is 288 g/mol. The second-order valence-corrected chi connectivity index (χ2v) is 6.09. The molecule has 4 heteroatoms. The van der Waals surface area contributed by atoms with E-state index in [0.717, 1.165) is 22.7 Å². The predicted octanol–water partition coefficient (Wildman–Crippen LogP) is 3.95. The van der Waals surface area contributed by atoms with Crippen molar-refractivity contribution in [3.8, 4) is 5.75 Å². The van der Waals surface area contributed by atoms with E-state index in [1.165, 1.54) is 4.68 Å². The van der Waals surface area contributed by atoms with E-state index in [1.807, 2.05) is 32.1 Å². The highest BCUT2D eigenvalue weighted by molar-refractivity contribution is 5.96. The first-order valence-electron chi connectivity index (χ1n) is 7.87. The molecular formula is C19H24N2O2. The van der Waals surface area contributed by atoms with Crippen molar-refractivity contribution in [2.75, 3.05) is 6.61 Å². The summed E-state index contributed by atoms with van der Waals surface area (Å²) < 4.78 is 7.11. The molecule has 2 aromatic rings. The Hall–Kier alpha value is -2.36. The van der Waals surface area contributed by atoms with Crippen molar-refractivity contribution in [3.63, 3.8) is 0 Å². The normalized spacial score (nSPS) is 10.8. The topological polar surface area (TPSA) is 44.1 Å². The summed E-state index contributed by atoms with van der Waals surface area (Å²) in [6.45, 7) is 12.4. The van der Waals surface area contributed by atoms with Crippen LogP contribution in [0, 0.1) is 19.8 Å². The number of nitrogens with zero attached hydrogens (tertiary/aromatic N) is 2. The minimum atomic E-state index is -0.128. The van der Waals surface area contributed by atoms with E-state index in [1.54, 1.807) is 12.1 Å². The Morgan fingerprint density at radius 1 is 1.30 bits per heavy atom. The molecule has 0 saturated carbocycles. The molecule has 0 bridgehead atoms. The third-order valence-electron chi connectivity index (χ3n) is 3.67. The van der Waals surface area contributed by atoms with E-state index in [0.29, 0.717) is 24.5 Å². The molecule has 0 aliphatic carbocycles. The maximum atomic E-state index is 12.6. The van der Waals surface area contributed by atoms with Gasteiger partial charge in [-0.1, -0.05) is 19.9 Å². The van der Waals surface area contributed by atoms with Crippen molar-refractivity contribution < 1.29 is 9.53 Å². The first-order valence-corrected chi connectivity index (χ1v) is 7.87. The second kappa shape index (κ2) is 7.27. The van der Waals surface area contributed by atoms with Gasteiger partial charge in [-0.2, -0.15) is 5.10 Å². The summed E-state index contributed by atoms with van der Waals surface area (Å²) in [6.07, 6.45) is 2.54. The lowest BCUT2D eigenvalue weighted by molar-refractivity contribution is 0.0942. The summed E-state index contributed by atoms with van der Waals surface area (Å²) in [5.74, 6) is 1.11. The number of ether oxygens (including phenoxy) is 1.